The third-order valence-corrected chi connectivity index (χ3v) is 5.18. The van der Waals surface area contributed by atoms with Gasteiger partial charge in [-0.3, -0.25) is 4.79 Å². The number of carboxylic acid groups (broad SMARTS) is 1. The zero-order valence-electron chi connectivity index (χ0n) is 17.2. The summed E-state index contributed by atoms with van der Waals surface area (Å²) in [5.74, 6) is -4.10. The Morgan fingerprint density at radius 3 is 2.48 bits per heavy atom. The molecular formula is C22H22F3N3O3. The van der Waals surface area contributed by atoms with Gasteiger partial charge in [0.05, 0.1) is 16.6 Å². The number of hydrogen-bond donors (Lipinski definition) is 3. The summed E-state index contributed by atoms with van der Waals surface area (Å²) in [6.07, 6.45) is 1.39. The van der Waals surface area contributed by atoms with Crippen LogP contribution in [0.5, 0.6) is 0 Å². The normalized spacial score (nSPS) is 11.3. The van der Waals surface area contributed by atoms with Crippen molar-refractivity contribution in [3.05, 3.63) is 68.8 Å². The van der Waals surface area contributed by atoms with Gasteiger partial charge in [0.2, 0.25) is 5.43 Å². The summed E-state index contributed by atoms with van der Waals surface area (Å²) in [7, 11) is 0. The molecule has 31 heavy (non-hydrogen) atoms. The molecule has 0 aliphatic rings. The smallest absolute Gasteiger partial charge is 0.341 e. The second kappa shape index (κ2) is 8.33. The van der Waals surface area contributed by atoms with E-state index in [0.717, 1.165) is 11.8 Å². The van der Waals surface area contributed by atoms with Crippen molar-refractivity contribution < 1.29 is 23.1 Å². The molecule has 3 aromatic rings. The number of nitrogens with one attached hydrogen (secondary N) is 1. The first kappa shape index (κ1) is 22.2. The minimum atomic E-state index is -1.52. The van der Waals surface area contributed by atoms with Gasteiger partial charge in [-0.2, -0.15) is 0 Å². The van der Waals surface area contributed by atoms with Gasteiger partial charge in [-0.15, -0.1) is 0 Å². The number of carboxylic acids is 1. The molecule has 3 rings (SSSR count). The van der Waals surface area contributed by atoms with Gasteiger partial charge >= 0.3 is 5.97 Å². The van der Waals surface area contributed by atoms with Gasteiger partial charge in [-0.1, -0.05) is 6.07 Å². The third kappa shape index (κ3) is 3.95. The minimum Gasteiger partial charge on any atom is -0.477 e. The molecule has 0 saturated heterocycles. The molecule has 0 saturated carbocycles. The molecule has 2 aromatic carbocycles. The fraction of sp³-hybridized carbons (Fsp3) is 0.273. The van der Waals surface area contributed by atoms with Gasteiger partial charge < -0.3 is 20.7 Å². The number of halogens is 3. The molecule has 9 heteroatoms. The topological polar surface area (TPSA) is 97.3 Å². The standard InChI is InChI=1S/C22H22F3N3O3/c1-10(2)28-9-14(22(30)31)21(29)15-18(26)16(24)19(17(25)20(15)28)27-7-6-12-4-5-13(23)8-11(12)3/h4-5,8-10,27H,6-7,26H2,1-3H3,(H,30,31). The number of anilines is 2. The number of aryl methyl sites for hydroxylation is 1. The summed E-state index contributed by atoms with van der Waals surface area (Å²) in [5, 5.41) is 11.5. The first-order valence-corrected chi connectivity index (χ1v) is 9.62. The lowest BCUT2D eigenvalue weighted by molar-refractivity contribution is 0.0694. The maximum absolute atomic E-state index is 15.4. The SMILES string of the molecule is Cc1cc(F)ccc1CCNc1c(F)c(N)c2c(=O)c(C(=O)O)cn(C(C)C)c2c1F. The molecule has 0 fully saturated rings. The molecular weight excluding hydrogens is 411 g/mol. The Hall–Kier alpha value is -3.49. The van der Waals surface area contributed by atoms with Crippen molar-refractivity contribution in [2.45, 2.75) is 33.2 Å². The molecule has 0 atom stereocenters. The molecule has 4 N–H and O–H groups in total. The first-order chi connectivity index (χ1) is 14.5. The zero-order valence-corrected chi connectivity index (χ0v) is 17.2. The summed E-state index contributed by atoms with van der Waals surface area (Å²) in [6, 6.07) is 3.83. The highest BCUT2D eigenvalue weighted by Gasteiger charge is 2.26. The van der Waals surface area contributed by atoms with Gasteiger partial charge in [-0.25, -0.2) is 18.0 Å². The monoisotopic (exact) mass is 433 g/mol. The van der Waals surface area contributed by atoms with E-state index in [1.54, 1.807) is 26.8 Å². The van der Waals surface area contributed by atoms with Crippen LogP contribution in [0.25, 0.3) is 10.9 Å². The van der Waals surface area contributed by atoms with Crippen molar-refractivity contribution in [2.24, 2.45) is 0 Å². The molecule has 0 bridgehead atoms. The van der Waals surface area contributed by atoms with Crippen LogP contribution in [0.2, 0.25) is 0 Å². The van der Waals surface area contributed by atoms with Crippen molar-refractivity contribution in [3.63, 3.8) is 0 Å². The average Bonchev–Trinajstić information content (AvgIpc) is 2.69. The molecule has 0 aliphatic heterocycles. The number of nitrogen functional groups attached to an aromatic ring is 1. The lowest BCUT2D eigenvalue weighted by Gasteiger charge is -2.20. The maximum atomic E-state index is 15.4. The highest BCUT2D eigenvalue weighted by Crippen LogP contribution is 2.34. The first-order valence-electron chi connectivity index (χ1n) is 9.62. The Morgan fingerprint density at radius 2 is 1.90 bits per heavy atom. The molecule has 164 valence electrons. The highest BCUT2D eigenvalue weighted by atomic mass is 19.1. The van der Waals surface area contributed by atoms with Crippen LogP contribution in [0, 0.1) is 24.4 Å². The largest absolute Gasteiger partial charge is 0.477 e. The fourth-order valence-electron chi connectivity index (χ4n) is 3.54. The quantitative estimate of drug-likeness (QED) is 0.505. The molecule has 0 amide bonds. The summed E-state index contributed by atoms with van der Waals surface area (Å²) in [6.45, 7) is 5.18. The van der Waals surface area contributed by atoms with Crippen LogP contribution in [0.1, 0.15) is 41.4 Å². The summed E-state index contributed by atoms with van der Waals surface area (Å²) in [5.41, 5.74) is 4.23. The van der Waals surface area contributed by atoms with E-state index in [0.29, 0.717) is 12.0 Å². The van der Waals surface area contributed by atoms with Gasteiger partial charge in [-0.05, 0) is 50.5 Å². The molecule has 1 aromatic heterocycles. The van der Waals surface area contributed by atoms with Crippen LogP contribution < -0.4 is 16.5 Å². The minimum absolute atomic E-state index is 0.115. The fourth-order valence-corrected chi connectivity index (χ4v) is 3.54. The third-order valence-electron chi connectivity index (χ3n) is 5.18. The molecule has 6 nitrogen and oxygen atoms in total. The van der Waals surface area contributed by atoms with Gasteiger partial charge in [0.25, 0.3) is 0 Å². The van der Waals surface area contributed by atoms with Crippen LogP contribution in [-0.2, 0) is 6.42 Å². The second-order valence-corrected chi connectivity index (χ2v) is 7.57. The van der Waals surface area contributed by atoms with E-state index >= 15 is 4.39 Å². The van der Waals surface area contributed by atoms with Gasteiger partial charge in [0, 0.05) is 18.8 Å². The number of aromatic carboxylic acids is 1. The Balaban J connectivity index is 2.11. The molecule has 0 radical (unpaired) electrons. The van der Waals surface area contributed by atoms with E-state index in [1.807, 2.05) is 0 Å². The van der Waals surface area contributed by atoms with E-state index in [9.17, 15) is 23.5 Å². The van der Waals surface area contributed by atoms with Crippen molar-refractivity contribution in [2.75, 3.05) is 17.6 Å². The van der Waals surface area contributed by atoms with Crippen molar-refractivity contribution in [1.29, 1.82) is 0 Å². The Labute approximate surface area is 176 Å². The lowest BCUT2D eigenvalue weighted by atomic mass is 10.0. The number of fused-ring (bicyclic) bond motifs is 1. The van der Waals surface area contributed by atoms with Crippen LogP contribution in [-0.4, -0.2) is 22.2 Å². The number of rotatable bonds is 6. The van der Waals surface area contributed by atoms with E-state index in [1.165, 1.54) is 16.7 Å². The second-order valence-electron chi connectivity index (χ2n) is 7.57. The number of aromatic nitrogens is 1. The average molecular weight is 433 g/mol. The van der Waals surface area contributed by atoms with Crippen molar-refractivity contribution >= 4 is 28.2 Å². The molecule has 1 heterocycles. The zero-order chi connectivity index (χ0) is 23.0. The van der Waals surface area contributed by atoms with Crippen LogP contribution >= 0.6 is 0 Å². The van der Waals surface area contributed by atoms with Gasteiger partial charge in [0.1, 0.15) is 17.1 Å². The molecule has 0 aliphatic carbocycles. The number of carbonyl (C=O) groups is 1. The summed E-state index contributed by atoms with van der Waals surface area (Å²) in [4.78, 5) is 24.0. The number of benzene rings is 2. The molecule has 0 spiro atoms. The predicted octanol–water partition coefficient (Wildman–Crippen LogP) is 4.24. The Bertz CT molecular complexity index is 1250. The van der Waals surface area contributed by atoms with E-state index in [4.69, 9.17) is 5.73 Å². The number of nitrogens with two attached hydrogens (primary N) is 1. The Kier molecular flexibility index (Phi) is 5.97. The van der Waals surface area contributed by atoms with Crippen LogP contribution in [0.3, 0.4) is 0 Å². The van der Waals surface area contributed by atoms with E-state index in [2.05, 4.69) is 5.32 Å². The maximum Gasteiger partial charge on any atom is 0.341 e. The number of hydrogen-bond acceptors (Lipinski definition) is 4. The summed E-state index contributed by atoms with van der Waals surface area (Å²) >= 11 is 0. The number of nitrogens with zero attached hydrogens (tertiary/aromatic N) is 1. The van der Waals surface area contributed by atoms with Gasteiger partial charge in [0.15, 0.2) is 11.6 Å². The summed E-state index contributed by atoms with van der Waals surface area (Å²) < 4.78 is 44.8. The lowest BCUT2D eigenvalue weighted by Crippen LogP contribution is -2.23. The van der Waals surface area contributed by atoms with Crippen molar-refractivity contribution in [3.8, 4) is 0 Å². The van der Waals surface area contributed by atoms with E-state index < -0.39 is 51.4 Å². The Morgan fingerprint density at radius 1 is 1.23 bits per heavy atom. The highest BCUT2D eigenvalue weighted by molar-refractivity contribution is 5.99. The molecule has 0 unspecified atom stereocenters. The predicted molar refractivity (Wildman–Crippen MR) is 113 cm³/mol. The van der Waals surface area contributed by atoms with Crippen molar-refractivity contribution in [1.82, 2.24) is 4.57 Å². The van der Waals surface area contributed by atoms with Crippen LogP contribution in [0.15, 0.2) is 29.2 Å². The van der Waals surface area contributed by atoms with E-state index in [-0.39, 0.29) is 17.9 Å². The van der Waals surface area contributed by atoms with Crippen LogP contribution in [0.4, 0.5) is 24.5 Å². The number of pyridine rings is 1.